The molecule has 0 atom stereocenters. The second-order valence-corrected chi connectivity index (χ2v) is 6.35. The zero-order valence-electron chi connectivity index (χ0n) is 11.1. The van der Waals surface area contributed by atoms with E-state index in [1.165, 1.54) is 11.3 Å². The lowest BCUT2D eigenvalue weighted by Crippen LogP contribution is -2.15. The van der Waals surface area contributed by atoms with E-state index in [1.54, 1.807) is 11.8 Å². The van der Waals surface area contributed by atoms with Gasteiger partial charge in [-0.05, 0) is 5.56 Å². The fraction of sp³-hybridized carbons (Fsp3) is 0.250. The van der Waals surface area contributed by atoms with Crippen LogP contribution in [0.3, 0.4) is 0 Å². The van der Waals surface area contributed by atoms with Crippen LogP contribution in [-0.2, 0) is 5.75 Å². The number of hydrogen-bond acceptors (Lipinski definition) is 7. The molecule has 0 aliphatic carbocycles. The molecule has 1 aromatic heterocycles. The second-order valence-electron chi connectivity index (χ2n) is 4.18. The molecule has 0 aliphatic rings. The number of oxime groups is 1. The molecule has 0 fully saturated rings. The van der Waals surface area contributed by atoms with Crippen LogP contribution in [0.1, 0.15) is 11.1 Å². The van der Waals surface area contributed by atoms with Crippen molar-refractivity contribution in [2.45, 2.75) is 10.1 Å². The lowest BCUT2D eigenvalue weighted by atomic mass is 10.1. The Morgan fingerprint density at radius 2 is 2.15 bits per heavy atom. The molecule has 2 rings (SSSR count). The van der Waals surface area contributed by atoms with Gasteiger partial charge in [-0.3, -0.25) is 0 Å². The van der Waals surface area contributed by atoms with Crippen LogP contribution in [0.15, 0.2) is 33.8 Å². The van der Waals surface area contributed by atoms with Crippen LogP contribution in [0, 0.1) is 0 Å². The molecule has 0 aliphatic heterocycles. The van der Waals surface area contributed by atoms with Crippen LogP contribution in [0.5, 0.6) is 0 Å². The summed E-state index contributed by atoms with van der Waals surface area (Å²) >= 11 is 3.12. The summed E-state index contributed by atoms with van der Waals surface area (Å²) in [6.07, 6.45) is 0. The van der Waals surface area contributed by atoms with E-state index in [2.05, 4.69) is 15.4 Å². The van der Waals surface area contributed by atoms with Crippen LogP contribution in [0.4, 0.5) is 5.13 Å². The van der Waals surface area contributed by atoms with Gasteiger partial charge in [0.1, 0.15) is 0 Å². The van der Waals surface area contributed by atoms with Gasteiger partial charge < -0.3 is 15.8 Å². The summed E-state index contributed by atoms with van der Waals surface area (Å²) in [7, 11) is 3.87. The molecule has 8 heteroatoms. The fourth-order valence-electron chi connectivity index (χ4n) is 1.53. The minimum atomic E-state index is 0.118. The first-order valence-electron chi connectivity index (χ1n) is 5.81. The van der Waals surface area contributed by atoms with Gasteiger partial charge in [0.15, 0.2) is 10.2 Å². The van der Waals surface area contributed by atoms with Crippen LogP contribution >= 0.6 is 23.1 Å². The normalized spacial score (nSPS) is 11.6. The van der Waals surface area contributed by atoms with E-state index in [1.807, 2.05) is 43.3 Å². The quantitative estimate of drug-likeness (QED) is 0.289. The van der Waals surface area contributed by atoms with Crippen molar-refractivity contribution in [3.05, 3.63) is 35.4 Å². The van der Waals surface area contributed by atoms with Gasteiger partial charge in [0.2, 0.25) is 5.13 Å². The Kier molecular flexibility index (Phi) is 4.80. The number of benzene rings is 1. The first kappa shape index (κ1) is 14.6. The van der Waals surface area contributed by atoms with Crippen LogP contribution < -0.4 is 10.6 Å². The molecule has 2 aromatic rings. The smallest absolute Gasteiger partial charge is 0.208 e. The Morgan fingerprint density at radius 3 is 2.80 bits per heavy atom. The Labute approximate surface area is 125 Å². The summed E-state index contributed by atoms with van der Waals surface area (Å²) in [5.41, 5.74) is 7.40. The maximum atomic E-state index is 8.79. The molecule has 0 unspecified atom stereocenters. The van der Waals surface area contributed by atoms with Crippen molar-refractivity contribution in [1.29, 1.82) is 0 Å². The van der Waals surface area contributed by atoms with Crippen LogP contribution in [-0.4, -0.2) is 35.3 Å². The average Bonchev–Trinajstić information content (AvgIpc) is 2.93. The van der Waals surface area contributed by atoms with Gasteiger partial charge >= 0.3 is 0 Å². The Hall–Kier alpha value is -1.80. The van der Waals surface area contributed by atoms with Crippen LogP contribution in [0.25, 0.3) is 0 Å². The standard InChI is InChI=1S/C12H15N5OS2/c1-17(2)11-14-15-12(20-11)19-7-8-5-3-4-6-9(8)10(13)16-18/h3-6,18H,7H2,1-2H3,(H2,13,16). The number of nitrogens with two attached hydrogens (primary N) is 1. The maximum absolute atomic E-state index is 8.79. The van der Waals surface area contributed by atoms with E-state index in [-0.39, 0.29) is 5.84 Å². The molecule has 0 saturated carbocycles. The zero-order valence-corrected chi connectivity index (χ0v) is 12.8. The van der Waals surface area contributed by atoms with Crippen molar-refractivity contribution in [2.75, 3.05) is 19.0 Å². The average molecular weight is 309 g/mol. The number of nitrogens with zero attached hydrogens (tertiary/aromatic N) is 4. The highest BCUT2D eigenvalue weighted by molar-refractivity contribution is 8.00. The monoisotopic (exact) mass is 309 g/mol. The number of amidine groups is 1. The van der Waals surface area contributed by atoms with E-state index in [0.29, 0.717) is 5.75 Å². The van der Waals surface area contributed by atoms with E-state index in [9.17, 15) is 0 Å². The molecular weight excluding hydrogens is 294 g/mol. The molecule has 6 nitrogen and oxygen atoms in total. The van der Waals surface area contributed by atoms with Crippen molar-refractivity contribution in [1.82, 2.24) is 10.2 Å². The molecule has 0 bridgehead atoms. The van der Waals surface area contributed by atoms with Gasteiger partial charge in [-0.15, -0.1) is 10.2 Å². The molecule has 0 saturated heterocycles. The van der Waals surface area contributed by atoms with Crippen molar-refractivity contribution < 1.29 is 5.21 Å². The molecule has 0 spiro atoms. The summed E-state index contributed by atoms with van der Waals surface area (Å²) in [6, 6.07) is 7.57. The van der Waals surface area contributed by atoms with Crippen molar-refractivity contribution in [3.8, 4) is 0 Å². The number of rotatable bonds is 5. The van der Waals surface area contributed by atoms with Gasteiger partial charge in [-0.1, -0.05) is 52.5 Å². The third kappa shape index (κ3) is 3.40. The lowest BCUT2D eigenvalue weighted by Gasteiger charge is -2.06. The zero-order chi connectivity index (χ0) is 14.5. The number of aromatic nitrogens is 2. The summed E-state index contributed by atoms with van der Waals surface area (Å²) < 4.78 is 0.892. The molecule has 20 heavy (non-hydrogen) atoms. The summed E-state index contributed by atoms with van der Waals surface area (Å²) in [6.45, 7) is 0. The topological polar surface area (TPSA) is 87.6 Å². The summed E-state index contributed by atoms with van der Waals surface area (Å²) in [5, 5.41) is 20.9. The molecular formula is C12H15N5OS2. The van der Waals surface area contributed by atoms with Gasteiger partial charge in [0, 0.05) is 25.4 Å². The lowest BCUT2D eigenvalue weighted by molar-refractivity contribution is 0.318. The Balaban J connectivity index is 2.10. The van der Waals surface area contributed by atoms with E-state index in [4.69, 9.17) is 10.9 Å². The highest BCUT2D eigenvalue weighted by atomic mass is 32.2. The Morgan fingerprint density at radius 1 is 1.40 bits per heavy atom. The largest absolute Gasteiger partial charge is 0.409 e. The molecule has 0 radical (unpaired) electrons. The van der Waals surface area contributed by atoms with E-state index in [0.717, 1.165) is 20.6 Å². The van der Waals surface area contributed by atoms with Crippen LogP contribution in [0.2, 0.25) is 0 Å². The van der Waals surface area contributed by atoms with Gasteiger partial charge in [-0.25, -0.2) is 0 Å². The molecule has 106 valence electrons. The fourth-order valence-corrected chi connectivity index (χ4v) is 3.30. The predicted octanol–water partition coefficient (Wildman–Crippen LogP) is 1.99. The van der Waals surface area contributed by atoms with Crippen molar-refractivity contribution >= 4 is 34.1 Å². The number of anilines is 1. The predicted molar refractivity (Wildman–Crippen MR) is 82.7 cm³/mol. The van der Waals surface area contributed by atoms with Crippen molar-refractivity contribution in [3.63, 3.8) is 0 Å². The SMILES string of the molecule is CN(C)c1nnc(SCc2ccccc2C(N)=NO)s1. The Bertz CT molecular complexity index is 611. The van der Waals surface area contributed by atoms with E-state index >= 15 is 0 Å². The summed E-state index contributed by atoms with van der Waals surface area (Å²) in [4.78, 5) is 1.92. The number of thioether (sulfide) groups is 1. The molecule has 1 heterocycles. The highest BCUT2D eigenvalue weighted by Gasteiger charge is 2.10. The maximum Gasteiger partial charge on any atom is 0.208 e. The highest BCUT2D eigenvalue weighted by Crippen LogP contribution is 2.30. The third-order valence-corrected chi connectivity index (χ3v) is 4.80. The minimum absolute atomic E-state index is 0.118. The number of hydrogen-bond donors (Lipinski definition) is 2. The van der Waals surface area contributed by atoms with Crippen molar-refractivity contribution in [2.24, 2.45) is 10.9 Å². The first-order chi connectivity index (χ1) is 9.61. The minimum Gasteiger partial charge on any atom is -0.409 e. The second kappa shape index (κ2) is 6.58. The van der Waals surface area contributed by atoms with Gasteiger partial charge in [-0.2, -0.15) is 0 Å². The van der Waals surface area contributed by atoms with E-state index < -0.39 is 0 Å². The molecule has 0 amide bonds. The van der Waals surface area contributed by atoms with Gasteiger partial charge in [0.25, 0.3) is 0 Å². The molecule has 1 aromatic carbocycles. The third-order valence-electron chi connectivity index (χ3n) is 2.53. The molecule has 3 N–H and O–H groups in total. The van der Waals surface area contributed by atoms with Gasteiger partial charge in [0.05, 0.1) is 0 Å². The first-order valence-corrected chi connectivity index (χ1v) is 7.61. The summed E-state index contributed by atoms with van der Waals surface area (Å²) in [5.74, 6) is 0.807.